The molecule has 0 fully saturated rings. The molecule has 2 aromatic rings. The quantitative estimate of drug-likeness (QED) is 0.120. The highest BCUT2D eigenvalue weighted by molar-refractivity contribution is 7.42. The van der Waals surface area contributed by atoms with Crippen molar-refractivity contribution in [3.63, 3.8) is 0 Å². The van der Waals surface area contributed by atoms with Gasteiger partial charge in [-0.2, -0.15) is 0 Å². The molecule has 0 amide bonds. The topological polar surface area (TPSA) is 191 Å². The van der Waals surface area contributed by atoms with Crippen molar-refractivity contribution in [2.75, 3.05) is 14.2 Å². The number of carbonyl (C=O) groups excluding carboxylic acids is 3. The van der Waals surface area contributed by atoms with Gasteiger partial charge in [0.2, 0.25) is 0 Å². The number of nitrogens with zero attached hydrogens (tertiary/aromatic N) is 1. The van der Waals surface area contributed by atoms with Crippen LogP contribution in [0.2, 0.25) is 0 Å². The molecule has 0 radical (unpaired) electrons. The highest BCUT2D eigenvalue weighted by Gasteiger charge is 2.50. The summed E-state index contributed by atoms with van der Waals surface area (Å²) in [5.41, 5.74) is 0.00463. The Morgan fingerprint density at radius 1 is 0.962 bits per heavy atom. The van der Waals surface area contributed by atoms with Crippen molar-refractivity contribution in [2.45, 2.75) is 85.6 Å². The molecule has 3 aliphatic heterocycles. The number of ketones is 1. The van der Waals surface area contributed by atoms with Crippen molar-refractivity contribution in [1.29, 1.82) is 0 Å². The number of aliphatic imine (C=N–C) groups is 1. The minimum atomic E-state index is -2.03. The van der Waals surface area contributed by atoms with Gasteiger partial charge in [-0.25, -0.2) is 4.99 Å². The number of hydrogen-bond donors (Lipinski definition) is 4. The number of fused-ring (bicyclic) bond motifs is 13. The van der Waals surface area contributed by atoms with Gasteiger partial charge in [-0.05, 0) is 25.5 Å². The number of aldehydes is 1. The van der Waals surface area contributed by atoms with E-state index in [1.165, 1.54) is 40.2 Å². The Kier molecular flexibility index (Phi) is 12.8. The summed E-state index contributed by atoms with van der Waals surface area (Å²) >= 11 is 0. The van der Waals surface area contributed by atoms with E-state index in [4.69, 9.17) is 23.7 Å². The van der Waals surface area contributed by atoms with Gasteiger partial charge in [0.25, 0.3) is 5.78 Å². The first-order valence-corrected chi connectivity index (χ1v) is 17.8. The van der Waals surface area contributed by atoms with E-state index in [1.807, 2.05) is 19.9 Å². The summed E-state index contributed by atoms with van der Waals surface area (Å²) in [6.45, 7) is 13.2. The van der Waals surface area contributed by atoms with Gasteiger partial charge in [-0.1, -0.05) is 55.2 Å². The van der Waals surface area contributed by atoms with Crippen molar-refractivity contribution < 1.29 is 58.5 Å². The van der Waals surface area contributed by atoms with Gasteiger partial charge < -0.3 is 44.1 Å². The molecular formula is C39H50NO12P. The summed E-state index contributed by atoms with van der Waals surface area (Å²) in [4.78, 5) is 43.3. The second-order valence-electron chi connectivity index (χ2n) is 14.0. The Labute approximate surface area is 311 Å². The molecule has 0 saturated heterocycles. The number of allylic oxidation sites excluding steroid dienone is 3. The molecule has 53 heavy (non-hydrogen) atoms. The normalized spacial score (nSPS) is 32.0. The zero-order valence-electron chi connectivity index (χ0n) is 31.7. The molecule has 14 heteroatoms. The maximum Gasteiger partial charge on any atom is 0.312 e. The molecule has 3 heterocycles. The molecule has 0 aliphatic carbocycles. The molecule has 0 aromatic heterocycles. The lowest BCUT2D eigenvalue weighted by Crippen LogP contribution is -2.47. The van der Waals surface area contributed by atoms with Crippen LogP contribution in [0.15, 0.2) is 41.1 Å². The predicted molar refractivity (Wildman–Crippen MR) is 202 cm³/mol. The summed E-state index contributed by atoms with van der Waals surface area (Å²) in [6.07, 6.45) is 5.42. The van der Waals surface area contributed by atoms with Crippen LogP contribution in [0.4, 0.5) is 5.69 Å². The number of carbonyl (C=O) groups is 3. The fourth-order valence-corrected chi connectivity index (χ4v) is 7.48. The molecular weight excluding hydrogens is 705 g/mol. The predicted octanol–water partition coefficient (Wildman–Crippen LogP) is 6.19. The third kappa shape index (κ3) is 7.71. The maximum atomic E-state index is 14.1. The standard InChI is InChI=1S/C39H50NO12P/c1-17-12-11-13-18(2)38(53)40-29-24(16-41)32(45)26-27(33(29)46)31(44)22(6)36-28(26)37(47)39(8,52-36)50-15-14-25(48-9)19(3)35(51-23(7)42)21(5)30(43)20(4)34(17)49-10/h11-17,19-21,25,30,34-35,43-46H,53H2,1-10H3/b12-11+,15-14+,18-13-,40-38?/t17-,19+,20-,21+,25-,30+,34-,35+,39-/m0/s1. The minimum absolute atomic E-state index is 0.0661. The van der Waals surface area contributed by atoms with E-state index >= 15 is 0 Å². The van der Waals surface area contributed by atoms with Crippen LogP contribution in [-0.4, -0.2) is 88.3 Å². The first-order valence-electron chi connectivity index (χ1n) is 17.3. The second-order valence-corrected chi connectivity index (χ2v) is 14.5. The van der Waals surface area contributed by atoms with Crippen LogP contribution in [0.3, 0.4) is 0 Å². The van der Waals surface area contributed by atoms with E-state index in [9.17, 15) is 34.8 Å². The third-order valence-corrected chi connectivity index (χ3v) is 11.0. The fourth-order valence-electron chi connectivity index (χ4n) is 7.26. The van der Waals surface area contributed by atoms with E-state index in [0.717, 1.165) is 0 Å². The van der Waals surface area contributed by atoms with Crippen LogP contribution in [0, 0.1) is 30.6 Å². The lowest BCUT2D eigenvalue weighted by atomic mass is 9.78. The monoisotopic (exact) mass is 755 g/mol. The number of esters is 1. The van der Waals surface area contributed by atoms with Gasteiger partial charge in [-0.15, -0.1) is 0 Å². The van der Waals surface area contributed by atoms with Crippen molar-refractivity contribution in [1.82, 2.24) is 0 Å². The lowest BCUT2D eigenvalue weighted by molar-refractivity contribution is -0.161. The molecule has 0 spiro atoms. The first kappa shape index (κ1) is 41.5. The molecule has 2 aromatic carbocycles. The molecule has 4 N–H and O–H groups in total. The van der Waals surface area contributed by atoms with Gasteiger partial charge in [0.15, 0.2) is 12.0 Å². The van der Waals surface area contributed by atoms with Gasteiger partial charge >= 0.3 is 11.8 Å². The minimum Gasteiger partial charge on any atom is -0.507 e. The average molecular weight is 756 g/mol. The van der Waals surface area contributed by atoms with Crippen LogP contribution < -0.4 is 4.74 Å². The summed E-state index contributed by atoms with van der Waals surface area (Å²) < 4.78 is 29.3. The summed E-state index contributed by atoms with van der Waals surface area (Å²) in [6, 6.07) is 0. The van der Waals surface area contributed by atoms with E-state index in [0.29, 0.717) is 17.3 Å². The molecule has 288 valence electrons. The van der Waals surface area contributed by atoms with Crippen LogP contribution in [-0.2, 0) is 23.7 Å². The summed E-state index contributed by atoms with van der Waals surface area (Å²) in [7, 11) is 5.43. The Morgan fingerprint density at radius 2 is 1.60 bits per heavy atom. The highest BCUT2D eigenvalue weighted by atomic mass is 31.0. The number of benzene rings is 2. The molecule has 1 unspecified atom stereocenters. The number of hydrogen-bond acceptors (Lipinski definition) is 13. The van der Waals surface area contributed by atoms with Crippen LogP contribution in [0.5, 0.6) is 23.0 Å². The van der Waals surface area contributed by atoms with Crippen molar-refractivity contribution in [2.24, 2.45) is 28.7 Å². The fraction of sp³-hybridized carbons (Fsp3) is 0.487. The zero-order chi connectivity index (χ0) is 39.7. The Morgan fingerprint density at radius 3 is 2.19 bits per heavy atom. The number of aliphatic hydroxyl groups excluding tert-OH is 1. The third-order valence-electron chi connectivity index (χ3n) is 10.4. The number of phenols is 3. The summed E-state index contributed by atoms with van der Waals surface area (Å²) in [5, 5.41) is 45.4. The molecule has 0 saturated carbocycles. The Bertz CT molecular complexity index is 1900. The van der Waals surface area contributed by atoms with Crippen molar-refractivity contribution in [3.8, 4) is 23.0 Å². The average Bonchev–Trinajstić information content (AvgIpc) is 3.37. The number of phenolic OH excluding ortho intramolecular Hbond substituents is 3. The zero-order valence-corrected chi connectivity index (χ0v) is 32.8. The van der Waals surface area contributed by atoms with Crippen LogP contribution in [0.1, 0.15) is 74.7 Å². The van der Waals surface area contributed by atoms with Crippen LogP contribution >= 0.6 is 9.24 Å². The first-order chi connectivity index (χ1) is 24.9. The van der Waals surface area contributed by atoms with Gasteiger partial charge in [0.1, 0.15) is 29.0 Å². The van der Waals surface area contributed by atoms with Gasteiger partial charge in [-0.3, -0.25) is 14.4 Å². The molecule has 5 bridgehead atoms. The largest absolute Gasteiger partial charge is 0.507 e. The Balaban J connectivity index is 1.98. The highest BCUT2D eigenvalue weighted by Crippen LogP contribution is 2.55. The second kappa shape index (κ2) is 16.4. The lowest BCUT2D eigenvalue weighted by Gasteiger charge is -2.38. The van der Waals surface area contributed by atoms with Crippen molar-refractivity contribution in [3.05, 3.63) is 52.8 Å². The van der Waals surface area contributed by atoms with Crippen molar-refractivity contribution >= 4 is 49.2 Å². The molecule has 3 aliphatic rings. The Hall–Kier alpha value is -4.29. The van der Waals surface area contributed by atoms with E-state index in [2.05, 4.69) is 14.2 Å². The SMILES string of the molecule is CO[C@@H]1[C@@H](C)[C@@H](O)[C@@H](C)[C@H](OC(C)=O)[C@H](C)[C@@H](OC)/C=C/O[C@@]2(C)Oc3c(C)c(O)c4c(O)c(c(C=O)c(O)c4c3C2=O)N=C(P)/C(C)=C\C=C\[C@@H]1C. The molecule has 10 atom stereocenters. The summed E-state index contributed by atoms with van der Waals surface area (Å²) in [5.74, 6) is -7.04. The number of aliphatic hydroxyl groups is 1. The van der Waals surface area contributed by atoms with Gasteiger partial charge in [0.05, 0.1) is 46.5 Å². The van der Waals surface area contributed by atoms with E-state index in [1.54, 1.807) is 40.0 Å². The van der Waals surface area contributed by atoms with Crippen LogP contribution in [0.25, 0.3) is 10.8 Å². The number of ether oxygens (including phenoxy) is 5. The number of methoxy groups -OCH3 is 2. The number of rotatable bonds is 4. The van der Waals surface area contributed by atoms with E-state index in [-0.39, 0.29) is 39.3 Å². The van der Waals surface area contributed by atoms with E-state index < -0.39 is 82.5 Å². The molecule has 13 nitrogen and oxygen atoms in total. The number of Topliss-reactive ketones (excluding diaryl/α,β-unsaturated/α-hetero) is 1. The smallest absolute Gasteiger partial charge is 0.312 e. The van der Waals surface area contributed by atoms with Gasteiger partial charge in [0, 0.05) is 62.7 Å². The molecule has 5 rings (SSSR count). The maximum absolute atomic E-state index is 14.1. The number of aromatic hydroxyl groups is 3.